The molecule has 142 valence electrons. The average molecular weight is 399 g/mol. The van der Waals surface area contributed by atoms with Gasteiger partial charge in [0.05, 0.1) is 16.9 Å². The molecule has 2 aromatic carbocycles. The molecule has 0 atom stereocenters. The number of benzene rings is 2. The van der Waals surface area contributed by atoms with E-state index in [0.29, 0.717) is 17.1 Å². The van der Waals surface area contributed by atoms with E-state index in [2.05, 4.69) is 4.72 Å². The number of aryl methyl sites for hydroxylation is 1. The zero-order chi connectivity index (χ0) is 19.4. The van der Waals surface area contributed by atoms with Gasteiger partial charge in [-0.25, -0.2) is 21.6 Å². The number of nitrogens with one attached hydrogen (secondary N) is 1. The SMILES string of the molecule is COc1cccc(OCCNS(=O)(=O)c2cc(S(C)(=O)=O)ccc2C)c1. The third-order valence-electron chi connectivity index (χ3n) is 3.58. The first-order chi connectivity index (χ1) is 12.1. The molecule has 0 amide bonds. The largest absolute Gasteiger partial charge is 0.497 e. The summed E-state index contributed by atoms with van der Waals surface area (Å²) < 4.78 is 61.2. The van der Waals surface area contributed by atoms with Crippen LogP contribution in [-0.4, -0.2) is 43.4 Å². The van der Waals surface area contributed by atoms with Gasteiger partial charge in [-0.1, -0.05) is 12.1 Å². The van der Waals surface area contributed by atoms with E-state index in [-0.39, 0.29) is 22.9 Å². The lowest BCUT2D eigenvalue weighted by molar-refractivity contribution is 0.320. The van der Waals surface area contributed by atoms with Crippen molar-refractivity contribution in [2.45, 2.75) is 16.7 Å². The number of hydrogen-bond acceptors (Lipinski definition) is 6. The molecule has 2 aromatic rings. The van der Waals surface area contributed by atoms with Gasteiger partial charge < -0.3 is 9.47 Å². The van der Waals surface area contributed by atoms with Crippen LogP contribution in [0.4, 0.5) is 0 Å². The quantitative estimate of drug-likeness (QED) is 0.679. The van der Waals surface area contributed by atoms with Crippen molar-refractivity contribution in [2.75, 3.05) is 26.5 Å². The van der Waals surface area contributed by atoms with Gasteiger partial charge in [0.2, 0.25) is 10.0 Å². The summed E-state index contributed by atoms with van der Waals surface area (Å²) in [4.78, 5) is -0.113. The molecule has 0 fully saturated rings. The van der Waals surface area contributed by atoms with Gasteiger partial charge in [-0.15, -0.1) is 0 Å². The topological polar surface area (TPSA) is 98.8 Å². The zero-order valence-corrected chi connectivity index (χ0v) is 16.4. The number of rotatable bonds is 8. The maximum absolute atomic E-state index is 12.5. The number of ether oxygens (including phenoxy) is 2. The van der Waals surface area contributed by atoms with Gasteiger partial charge in [0.1, 0.15) is 18.1 Å². The summed E-state index contributed by atoms with van der Waals surface area (Å²) in [5.41, 5.74) is 0.457. The first kappa shape index (κ1) is 20.2. The number of sulfone groups is 1. The second-order valence-electron chi connectivity index (χ2n) is 5.62. The highest BCUT2D eigenvalue weighted by molar-refractivity contribution is 7.91. The minimum Gasteiger partial charge on any atom is -0.497 e. The van der Waals surface area contributed by atoms with Crippen LogP contribution in [0.1, 0.15) is 5.56 Å². The molecule has 0 radical (unpaired) electrons. The molecule has 0 spiro atoms. The Bertz CT molecular complexity index is 984. The van der Waals surface area contributed by atoms with Crippen LogP contribution in [-0.2, 0) is 19.9 Å². The van der Waals surface area contributed by atoms with Crippen molar-refractivity contribution in [1.29, 1.82) is 0 Å². The van der Waals surface area contributed by atoms with Gasteiger partial charge in [0.25, 0.3) is 0 Å². The fourth-order valence-electron chi connectivity index (χ4n) is 2.21. The molecule has 0 unspecified atom stereocenters. The van der Waals surface area contributed by atoms with Crippen LogP contribution in [0.5, 0.6) is 11.5 Å². The van der Waals surface area contributed by atoms with Crippen molar-refractivity contribution in [1.82, 2.24) is 4.72 Å². The number of sulfonamides is 1. The Labute approximate surface area is 153 Å². The first-order valence-electron chi connectivity index (χ1n) is 7.71. The normalized spacial score (nSPS) is 12.0. The summed E-state index contributed by atoms with van der Waals surface area (Å²) in [6, 6.07) is 11.0. The van der Waals surface area contributed by atoms with Crippen LogP contribution in [0.3, 0.4) is 0 Å². The van der Waals surface area contributed by atoms with E-state index in [1.165, 1.54) is 12.1 Å². The van der Waals surface area contributed by atoms with Crippen molar-refractivity contribution < 1.29 is 26.3 Å². The molecule has 0 aliphatic rings. The molecule has 2 rings (SSSR count). The molecule has 9 heteroatoms. The minimum atomic E-state index is -3.86. The summed E-state index contributed by atoms with van der Waals surface area (Å²) in [6.07, 6.45) is 1.03. The third kappa shape index (κ3) is 5.20. The highest BCUT2D eigenvalue weighted by atomic mass is 32.2. The van der Waals surface area contributed by atoms with Gasteiger partial charge in [0.15, 0.2) is 9.84 Å². The van der Waals surface area contributed by atoms with Crippen molar-refractivity contribution in [3.63, 3.8) is 0 Å². The molecule has 0 aliphatic heterocycles. The summed E-state index contributed by atoms with van der Waals surface area (Å²) >= 11 is 0. The van der Waals surface area contributed by atoms with Crippen molar-refractivity contribution in [2.24, 2.45) is 0 Å². The summed E-state index contributed by atoms with van der Waals surface area (Å²) in [5.74, 6) is 1.19. The van der Waals surface area contributed by atoms with Gasteiger partial charge in [0, 0.05) is 18.9 Å². The molecule has 1 N–H and O–H groups in total. The van der Waals surface area contributed by atoms with Crippen molar-refractivity contribution >= 4 is 19.9 Å². The highest BCUT2D eigenvalue weighted by Crippen LogP contribution is 2.20. The minimum absolute atomic E-state index is 0.0298. The molecular weight excluding hydrogens is 378 g/mol. The van der Waals surface area contributed by atoms with Crippen LogP contribution in [0, 0.1) is 6.92 Å². The van der Waals surface area contributed by atoms with Crippen LogP contribution in [0.15, 0.2) is 52.3 Å². The third-order valence-corrected chi connectivity index (χ3v) is 6.29. The smallest absolute Gasteiger partial charge is 0.240 e. The average Bonchev–Trinajstić information content (AvgIpc) is 2.58. The second-order valence-corrected chi connectivity index (χ2v) is 9.38. The zero-order valence-electron chi connectivity index (χ0n) is 14.7. The van der Waals surface area contributed by atoms with Crippen LogP contribution < -0.4 is 14.2 Å². The van der Waals surface area contributed by atoms with E-state index >= 15 is 0 Å². The predicted molar refractivity (Wildman–Crippen MR) is 98.0 cm³/mol. The lowest BCUT2D eigenvalue weighted by Gasteiger charge is -2.12. The van der Waals surface area contributed by atoms with Gasteiger partial charge in [-0.3, -0.25) is 0 Å². The summed E-state index contributed by atoms with van der Waals surface area (Å²) in [7, 11) is -5.82. The Kier molecular flexibility index (Phi) is 6.27. The molecule has 7 nitrogen and oxygen atoms in total. The summed E-state index contributed by atoms with van der Waals surface area (Å²) in [5, 5.41) is 0. The molecule has 0 aromatic heterocycles. The Morgan fingerprint density at radius 1 is 1.00 bits per heavy atom. The standard InChI is InChI=1S/C17H21NO6S2/c1-13-7-8-16(25(3,19)20)12-17(13)26(21,22)18-9-10-24-15-6-4-5-14(11-15)23-2/h4-8,11-12,18H,9-10H2,1-3H3. The molecule has 0 aliphatic carbocycles. The van der Waals surface area contributed by atoms with Gasteiger partial charge >= 0.3 is 0 Å². The Morgan fingerprint density at radius 2 is 1.69 bits per heavy atom. The fourth-order valence-corrected chi connectivity index (χ4v) is 4.22. The number of hydrogen-bond donors (Lipinski definition) is 1. The molecule has 0 bridgehead atoms. The van der Waals surface area contributed by atoms with E-state index in [9.17, 15) is 16.8 Å². The monoisotopic (exact) mass is 399 g/mol. The summed E-state index contributed by atoms with van der Waals surface area (Å²) in [6.45, 7) is 1.74. The van der Waals surface area contributed by atoms with Crippen LogP contribution in [0.25, 0.3) is 0 Å². The fraction of sp³-hybridized carbons (Fsp3) is 0.294. The lowest BCUT2D eigenvalue weighted by Crippen LogP contribution is -2.29. The maximum Gasteiger partial charge on any atom is 0.240 e. The van der Waals surface area contributed by atoms with Crippen molar-refractivity contribution in [3.05, 3.63) is 48.0 Å². The lowest BCUT2D eigenvalue weighted by atomic mass is 10.2. The molecular formula is C17H21NO6S2. The van der Waals surface area contributed by atoms with Crippen LogP contribution >= 0.6 is 0 Å². The predicted octanol–water partition coefficient (Wildman–Crippen LogP) is 1.76. The van der Waals surface area contributed by atoms with Gasteiger partial charge in [-0.2, -0.15) is 0 Å². The Balaban J connectivity index is 2.05. The van der Waals surface area contributed by atoms with Gasteiger partial charge in [-0.05, 0) is 36.8 Å². The Morgan fingerprint density at radius 3 is 2.35 bits per heavy atom. The number of methoxy groups -OCH3 is 1. The molecule has 0 saturated carbocycles. The highest BCUT2D eigenvalue weighted by Gasteiger charge is 2.19. The van der Waals surface area contributed by atoms with Crippen molar-refractivity contribution in [3.8, 4) is 11.5 Å². The Hall–Kier alpha value is -2.10. The second kappa shape index (κ2) is 8.07. The van der Waals surface area contributed by atoms with E-state index in [1.807, 2.05) is 0 Å². The van der Waals surface area contributed by atoms with E-state index in [4.69, 9.17) is 9.47 Å². The van der Waals surface area contributed by atoms with E-state index in [0.717, 1.165) is 12.3 Å². The van der Waals surface area contributed by atoms with E-state index < -0.39 is 19.9 Å². The maximum atomic E-state index is 12.5. The van der Waals surface area contributed by atoms with E-state index in [1.54, 1.807) is 38.3 Å². The molecule has 26 heavy (non-hydrogen) atoms. The van der Waals surface area contributed by atoms with Crippen LogP contribution in [0.2, 0.25) is 0 Å². The molecule has 0 heterocycles. The first-order valence-corrected chi connectivity index (χ1v) is 11.1. The molecule has 0 saturated heterocycles.